The van der Waals surface area contributed by atoms with Crippen molar-refractivity contribution in [3.05, 3.63) is 62.8 Å². The molecular weight excluding hydrogens is 492 g/mol. The van der Waals surface area contributed by atoms with E-state index in [0.29, 0.717) is 11.1 Å². The molecule has 0 aliphatic carbocycles. The van der Waals surface area contributed by atoms with Crippen LogP contribution in [0.1, 0.15) is 17.0 Å². The fourth-order valence-electron chi connectivity index (χ4n) is 3.95. The summed E-state index contributed by atoms with van der Waals surface area (Å²) in [7, 11) is 3.85. The molecule has 3 aromatic rings. The number of pyridine rings is 1. The molecule has 1 aliphatic rings. The summed E-state index contributed by atoms with van der Waals surface area (Å²) >= 11 is 6.44. The van der Waals surface area contributed by atoms with Crippen molar-refractivity contribution in [3.8, 4) is 11.8 Å². The van der Waals surface area contributed by atoms with Crippen LogP contribution in [0.5, 0.6) is 5.75 Å². The predicted octanol–water partition coefficient (Wildman–Crippen LogP) is 3.55. The van der Waals surface area contributed by atoms with Gasteiger partial charge in [0.2, 0.25) is 11.8 Å². The maximum absolute atomic E-state index is 12.7. The van der Waals surface area contributed by atoms with Gasteiger partial charge in [-0.05, 0) is 29.8 Å². The first kappa shape index (κ1) is 24.4. The molecular formula is C23H17ClN6O6. The van der Waals surface area contributed by atoms with Gasteiger partial charge in [-0.25, -0.2) is 9.78 Å². The van der Waals surface area contributed by atoms with E-state index in [9.17, 15) is 29.8 Å². The summed E-state index contributed by atoms with van der Waals surface area (Å²) in [6.07, 6.45) is 1.20. The Balaban J connectivity index is 1.78. The number of nitro groups is 1. The van der Waals surface area contributed by atoms with E-state index in [-0.39, 0.29) is 38.8 Å². The van der Waals surface area contributed by atoms with E-state index in [1.165, 1.54) is 57.7 Å². The lowest BCUT2D eigenvalue weighted by Crippen LogP contribution is -2.55. The molecule has 1 aliphatic heterocycles. The van der Waals surface area contributed by atoms with Gasteiger partial charge in [0.05, 0.1) is 23.3 Å². The Kier molecular flexibility index (Phi) is 6.17. The van der Waals surface area contributed by atoms with E-state index in [1.807, 2.05) is 6.07 Å². The number of imide groups is 2. The van der Waals surface area contributed by atoms with Gasteiger partial charge in [-0.15, -0.1) is 0 Å². The van der Waals surface area contributed by atoms with Crippen LogP contribution < -0.4 is 10.1 Å². The average molecular weight is 509 g/mol. The molecule has 1 aromatic heterocycles. The number of ether oxygens (including phenoxy) is 1. The molecule has 0 saturated carbocycles. The number of benzene rings is 2. The third kappa shape index (κ3) is 3.81. The second-order valence-electron chi connectivity index (χ2n) is 7.80. The van der Waals surface area contributed by atoms with Crippen LogP contribution in [0, 0.1) is 21.4 Å². The number of likely N-dealkylation sites (N-methyl/N-ethyl adjacent to an activating group) is 2. The molecule has 182 valence electrons. The average Bonchev–Trinajstić information content (AvgIpc) is 2.86. The van der Waals surface area contributed by atoms with Crippen LogP contribution in [-0.4, -0.2) is 58.8 Å². The number of nitrogens with zero attached hydrogens (tertiary/aromatic N) is 5. The van der Waals surface area contributed by atoms with Gasteiger partial charge in [-0.3, -0.25) is 29.5 Å². The van der Waals surface area contributed by atoms with Crippen LogP contribution in [0.2, 0.25) is 5.02 Å². The fraction of sp³-hybridized carbons (Fsp3) is 0.174. The van der Waals surface area contributed by atoms with Crippen molar-refractivity contribution in [2.75, 3.05) is 26.5 Å². The van der Waals surface area contributed by atoms with Gasteiger partial charge in [0.25, 0.3) is 0 Å². The number of urea groups is 1. The highest BCUT2D eigenvalue weighted by Crippen LogP contribution is 2.39. The first-order valence-electron chi connectivity index (χ1n) is 10.3. The largest absolute Gasteiger partial charge is 0.490 e. The Morgan fingerprint density at radius 3 is 2.39 bits per heavy atom. The second kappa shape index (κ2) is 9.12. The third-order valence-corrected chi connectivity index (χ3v) is 6.14. The Hall–Kier alpha value is -4.76. The molecule has 4 amide bonds. The smallest absolute Gasteiger partial charge is 0.336 e. The van der Waals surface area contributed by atoms with Crippen LogP contribution in [0.25, 0.3) is 10.9 Å². The van der Waals surface area contributed by atoms with Gasteiger partial charge < -0.3 is 10.1 Å². The SMILES string of the molecule is COc1ccc2c(Nc3ccc(C4C(=O)N(C)C(=O)N(C)C4=O)c(Cl)c3)c(C#N)cnc2c1[N+](=O)[O-]. The number of nitriles is 1. The standard InChI is InChI=1S/C23H17ClN6O6/c1-28-21(31)17(22(32)29(2)23(28)33)13-5-4-12(8-15(13)24)27-18-11(9-25)10-26-19-14(18)6-7-16(36-3)20(19)30(34)35/h4-8,10,17H,1-3H3,(H,26,27). The number of hydrogen-bond acceptors (Lipinski definition) is 9. The van der Waals surface area contributed by atoms with Crippen LogP contribution in [0.4, 0.5) is 21.9 Å². The molecule has 1 saturated heterocycles. The summed E-state index contributed by atoms with van der Waals surface area (Å²) in [5.74, 6) is -2.71. The number of carbonyl (C=O) groups is 3. The Labute approximate surface area is 208 Å². The number of hydrogen-bond donors (Lipinski definition) is 1. The monoisotopic (exact) mass is 508 g/mol. The van der Waals surface area contributed by atoms with Crippen molar-refractivity contribution >= 4 is 57.4 Å². The lowest BCUT2D eigenvalue weighted by atomic mass is 9.94. The number of nitro benzene ring substituents is 1. The number of rotatable bonds is 5. The molecule has 12 nitrogen and oxygen atoms in total. The fourth-order valence-corrected chi connectivity index (χ4v) is 4.24. The van der Waals surface area contributed by atoms with Crippen molar-refractivity contribution in [2.24, 2.45) is 0 Å². The zero-order chi connectivity index (χ0) is 26.3. The molecule has 0 unspecified atom stereocenters. The Morgan fingerprint density at radius 2 is 1.83 bits per heavy atom. The number of anilines is 2. The minimum absolute atomic E-state index is 0.0118. The minimum atomic E-state index is -1.30. The highest BCUT2D eigenvalue weighted by Gasteiger charge is 2.44. The highest BCUT2D eigenvalue weighted by atomic mass is 35.5. The van der Waals surface area contributed by atoms with Gasteiger partial charge in [-0.2, -0.15) is 5.26 Å². The molecule has 1 fully saturated rings. The number of carbonyl (C=O) groups excluding carboxylic acids is 3. The van der Waals surface area contributed by atoms with E-state index in [1.54, 1.807) is 0 Å². The number of fused-ring (bicyclic) bond motifs is 1. The van der Waals surface area contributed by atoms with Crippen molar-refractivity contribution in [3.63, 3.8) is 0 Å². The first-order chi connectivity index (χ1) is 17.1. The zero-order valence-corrected chi connectivity index (χ0v) is 19.9. The molecule has 1 N–H and O–H groups in total. The van der Waals surface area contributed by atoms with Gasteiger partial charge in [-0.1, -0.05) is 17.7 Å². The molecule has 13 heteroatoms. The zero-order valence-electron chi connectivity index (χ0n) is 19.1. The molecule has 0 spiro atoms. The predicted molar refractivity (Wildman–Crippen MR) is 128 cm³/mol. The van der Waals surface area contributed by atoms with E-state index in [2.05, 4.69) is 10.3 Å². The lowest BCUT2D eigenvalue weighted by Gasteiger charge is -2.33. The maximum atomic E-state index is 12.7. The topological polar surface area (TPSA) is 159 Å². The summed E-state index contributed by atoms with van der Waals surface area (Å²) in [4.78, 5) is 54.2. The van der Waals surface area contributed by atoms with Crippen LogP contribution in [0.3, 0.4) is 0 Å². The first-order valence-corrected chi connectivity index (χ1v) is 10.7. The van der Waals surface area contributed by atoms with Crippen LogP contribution >= 0.6 is 11.6 Å². The quantitative estimate of drug-likeness (QED) is 0.309. The van der Waals surface area contributed by atoms with Gasteiger partial charge in [0.15, 0.2) is 11.3 Å². The summed E-state index contributed by atoms with van der Waals surface area (Å²) < 4.78 is 5.09. The molecule has 2 aromatic carbocycles. The molecule has 0 bridgehead atoms. The van der Waals surface area contributed by atoms with E-state index >= 15 is 0 Å². The molecule has 2 heterocycles. The summed E-state index contributed by atoms with van der Waals surface area (Å²) in [5, 5.41) is 24.7. The number of halogens is 1. The van der Waals surface area contributed by atoms with Crippen molar-refractivity contribution in [1.82, 2.24) is 14.8 Å². The van der Waals surface area contributed by atoms with Crippen LogP contribution in [-0.2, 0) is 9.59 Å². The summed E-state index contributed by atoms with van der Waals surface area (Å²) in [5.41, 5.74) is 0.586. The van der Waals surface area contributed by atoms with Crippen molar-refractivity contribution < 1.29 is 24.0 Å². The normalized spacial score (nSPS) is 14.2. The van der Waals surface area contributed by atoms with E-state index in [4.69, 9.17) is 16.3 Å². The number of methoxy groups -OCH3 is 1. The number of aromatic nitrogens is 1. The molecule has 0 radical (unpaired) electrons. The van der Waals surface area contributed by atoms with Crippen molar-refractivity contribution in [2.45, 2.75) is 5.92 Å². The molecule has 36 heavy (non-hydrogen) atoms. The maximum Gasteiger partial charge on any atom is 0.336 e. The van der Waals surface area contributed by atoms with E-state index in [0.717, 1.165) is 9.80 Å². The number of nitrogens with one attached hydrogen (secondary N) is 1. The summed E-state index contributed by atoms with van der Waals surface area (Å²) in [6, 6.07) is 8.63. The Bertz CT molecular complexity index is 1490. The van der Waals surface area contributed by atoms with Gasteiger partial charge in [0.1, 0.15) is 12.0 Å². The summed E-state index contributed by atoms with van der Waals surface area (Å²) in [6.45, 7) is 0. The van der Waals surface area contributed by atoms with Crippen LogP contribution in [0.15, 0.2) is 36.5 Å². The van der Waals surface area contributed by atoms with Crippen molar-refractivity contribution in [1.29, 1.82) is 5.26 Å². The Morgan fingerprint density at radius 1 is 1.17 bits per heavy atom. The number of barbiturate groups is 1. The molecule has 4 rings (SSSR count). The highest BCUT2D eigenvalue weighted by molar-refractivity contribution is 6.33. The third-order valence-electron chi connectivity index (χ3n) is 5.81. The number of amides is 4. The van der Waals surface area contributed by atoms with Gasteiger partial charge >= 0.3 is 11.7 Å². The van der Waals surface area contributed by atoms with Gasteiger partial charge in [0, 0.05) is 36.4 Å². The van der Waals surface area contributed by atoms with E-state index < -0.39 is 28.7 Å². The second-order valence-corrected chi connectivity index (χ2v) is 8.21. The minimum Gasteiger partial charge on any atom is -0.490 e. The lowest BCUT2D eigenvalue weighted by molar-refractivity contribution is -0.384. The molecule has 0 atom stereocenters.